The summed E-state index contributed by atoms with van der Waals surface area (Å²) in [5.74, 6) is 0.623. The van der Waals surface area contributed by atoms with E-state index in [0.717, 1.165) is 22.7 Å². The summed E-state index contributed by atoms with van der Waals surface area (Å²) >= 11 is 0. The quantitative estimate of drug-likeness (QED) is 0.854. The molecule has 0 saturated carbocycles. The van der Waals surface area contributed by atoms with Crippen molar-refractivity contribution in [3.63, 3.8) is 0 Å². The second kappa shape index (κ2) is 7.19. The molecule has 0 aliphatic carbocycles. The number of rotatable bonds is 5. The van der Waals surface area contributed by atoms with Gasteiger partial charge in [0.05, 0.1) is 19.3 Å². The lowest BCUT2D eigenvalue weighted by molar-refractivity contribution is -0.116. The van der Waals surface area contributed by atoms with Crippen molar-refractivity contribution in [3.05, 3.63) is 59.7 Å². The Bertz CT molecular complexity index is 636. The fraction of sp³-hybridized carbons (Fsp3) is 0.188. The van der Waals surface area contributed by atoms with Gasteiger partial charge in [-0.3, -0.25) is 4.79 Å². The number of aryl methyl sites for hydroxylation is 1. The zero-order valence-electron chi connectivity index (χ0n) is 12.0. The number of amides is 1. The molecule has 5 nitrogen and oxygen atoms in total. The SMILES string of the molecule is COc1ccc(/C=C/C(=O)NCc2cc(C)ncn2)cc1. The van der Waals surface area contributed by atoms with Gasteiger partial charge in [-0.25, -0.2) is 9.97 Å². The van der Waals surface area contributed by atoms with Crippen LogP contribution in [0.2, 0.25) is 0 Å². The van der Waals surface area contributed by atoms with Crippen LogP contribution in [-0.4, -0.2) is 23.0 Å². The Morgan fingerprint density at radius 1 is 1.29 bits per heavy atom. The summed E-state index contributed by atoms with van der Waals surface area (Å²) in [6, 6.07) is 9.31. The van der Waals surface area contributed by atoms with Gasteiger partial charge in [0.25, 0.3) is 0 Å². The number of carbonyl (C=O) groups excluding carboxylic acids is 1. The van der Waals surface area contributed by atoms with Gasteiger partial charge in [0.1, 0.15) is 12.1 Å². The van der Waals surface area contributed by atoms with Gasteiger partial charge in [0, 0.05) is 11.8 Å². The number of benzene rings is 1. The lowest BCUT2D eigenvalue weighted by Gasteiger charge is -2.02. The van der Waals surface area contributed by atoms with Crippen molar-refractivity contribution in [1.29, 1.82) is 0 Å². The van der Waals surface area contributed by atoms with Crippen molar-refractivity contribution >= 4 is 12.0 Å². The van der Waals surface area contributed by atoms with E-state index in [1.165, 1.54) is 12.4 Å². The molecule has 1 heterocycles. The van der Waals surface area contributed by atoms with Crippen molar-refractivity contribution in [2.75, 3.05) is 7.11 Å². The first kappa shape index (κ1) is 14.7. The molecule has 108 valence electrons. The van der Waals surface area contributed by atoms with Crippen LogP contribution in [0, 0.1) is 6.92 Å². The number of hydrogen-bond acceptors (Lipinski definition) is 4. The number of aromatic nitrogens is 2. The Morgan fingerprint density at radius 2 is 2.05 bits per heavy atom. The number of nitrogens with zero attached hydrogens (tertiary/aromatic N) is 2. The van der Waals surface area contributed by atoms with E-state index < -0.39 is 0 Å². The lowest BCUT2D eigenvalue weighted by atomic mass is 10.2. The highest BCUT2D eigenvalue weighted by atomic mass is 16.5. The van der Waals surface area contributed by atoms with E-state index in [1.807, 2.05) is 37.3 Å². The third-order valence-corrected chi connectivity index (χ3v) is 2.85. The first-order valence-corrected chi connectivity index (χ1v) is 6.55. The Labute approximate surface area is 123 Å². The standard InChI is InChI=1S/C16H17N3O2/c1-12-9-14(19-11-18-12)10-17-16(20)8-5-13-3-6-15(21-2)7-4-13/h3-9,11H,10H2,1-2H3,(H,17,20)/b8-5+. The molecule has 0 unspecified atom stereocenters. The highest BCUT2D eigenvalue weighted by Gasteiger charge is 1.99. The van der Waals surface area contributed by atoms with Crippen molar-refractivity contribution in [3.8, 4) is 5.75 Å². The number of hydrogen-bond donors (Lipinski definition) is 1. The Kier molecular flexibility index (Phi) is 5.04. The molecule has 0 fully saturated rings. The van der Waals surface area contributed by atoms with E-state index in [2.05, 4.69) is 15.3 Å². The smallest absolute Gasteiger partial charge is 0.244 e. The minimum atomic E-state index is -0.165. The summed E-state index contributed by atoms with van der Waals surface area (Å²) in [4.78, 5) is 19.8. The van der Waals surface area contributed by atoms with Gasteiger partial charge in [0.2, 0.25) is 5.91 Å². The van der Waals surface area contributed by atoms with Crippen LogP contribution in [-0.2, 0) is 11.3 Å². The summed E-state index contributed by atoms with van der Waals surface area (Å²) in [5.41, 5.74) is 2.60. The molecule has 0 bridgehead atoms. The number of ether oxygens (including phenoxy) is 1. The van der Waals surface area contributed by atoms with E-state index in [0.29, 0.717) is 6.54 Å². The summed E-state index contributed by atoms with van der Waals surface area (Å²) in [7, 11) is 1.62. The van der Waals surface area contributed by atoms with Crippen LogP contribution in [0.5, 0.6) is 5.75 Å². The zero-order chi connectivity index (χ0) is 15.1. The number of methoxy groups -OCH3 is 1. The second-order valence-electron chi connectivity index (χ2n) is 4.48. The molecule has 1 N–H and O–H groups in total. The van der Waals surface area contributed by atoms with E-state index in [-0.39, 0.29) is 5.91 Å². The first-order valence-electron chi connectivity index (χ1n) is 6.55. The molecule has 0 aliphatic heterocycles. The van der Waals surface area contributed by atoms with Crippen molar-refractivity contribution < 1.29 is 9.53 Å². The van der Waals surface area contributed by atoms with Gasteiger partial charge in [0.15, 0.2) is 0 Å². The predicted molar refractivity (Wildman–Crippen MR) is 80.6 cm³/mol. The highest BCUT2D eigenvalue weighted by molar-refractivity contribution is 5.91. The zero-order valence-corrected chi connectivity index (χ0v) is 12.0. The minimum Gasteiger partial charge on any atom is -0.497 e. The van der Waals surface area contributed by atoms with Gasteiger partial charge < -0.3 is 10.1 Å². The van der Waals surface area contributed by atoms with Crippen LogP contribution >= 0.6 is 0 Å². The third-order valence-electron chi connectivity index (χ3n) is 2.85. The number of carbonyl (C=O) groups is 1. The van der Waals surface area contributed by atoms with Crippen molar-refractivity contribution in [1.82, 2.24) is 15.3 Å². The molecular formula is C16H17N3O2. The average molecular weight is 283 g/mol. The third kappa shape index (κ3) is 4.72. The van der Waals surface area contributed by atoms with Crippen LogP contribution in [0.15, 0.2) is 42.7 Å². The largest absolute Gasteiger partial charge is 0.497 e. The Balaban J connectivity index is 1.87. The summed E-state index contributed by atoms with van der Waals surface area (Å²) in [5, 5.41) is 2.78. The van der Waals surface area contributed by atoms with Crippen LogP contribution in [0.25, 0.3) is 6.08 Å². The summed E-state index contributed by atoms with van der Waals surface area (Å²) < 4.78 is 5.08. The van der Waals surface area contributed by atoms with E-state index in [9.17, 15) is 4.79 Å². The first-order chi connectivity index (χ1) is 10.2. The van der Waals surface area contributed by atoms with Gasteiger partial charge in [-0.1, -0.05) is 12.1 Å². The van der Waals surface area contributed by atoms with Crippen molar-refractivity contribution in [2.24, 2.45) is 0 Å². The maximum atomic E-state index is 11.7. The normalized spacial score (nSPS) is 10.6. The number of nitrogens with one attached hydrogen (secondary N) is 1. The Morgan fingerprint density at radius 3 is 2.71 bits per heavy atom. The lowest BCUT2D eigenvalue weighted by Crippen LogP contribution is -2.21. The monoisotopic (exact) mass is 283 g/mol. The molecule has 1 amide bonds. The van der Waals surface area contributed by atoms with Gasteiger partial charge >= 0.3 is 0 Å². The van der Waals surface area contributed by atoms with E-state index >= 15 is 0 Å². The minimum absolute atomic E-state index is 0.165. The molecule has 0 spiro atoms. The molecule has 5 heteroatoms. The van der Waals surface area contributed by atoms with Crippen molar-refractivity contribution in [2.45, 2.75) is 13.5 Å². The van der Waals surface area contributed by atoms with E-state index in [1.54, 1.807) is 13.2 Å². The predicted octanol–water partition coefficient (Wildman–Crippen LogP) is 2.12. The molecule has 0 saturated heterocycles. The maximum absolute atomic E-state index is 11.7. The molecule has 0 radical (unpaired) electrons. The molecule has 0 aliphatic rings. The molecule has 2 aromatic rings. The second-order valence-corrected chi connectivity index (χ2v) is 4.48. The highest BCUT2D eigenvalue weighted by Crippen LogP contribution is 2.12. The average Bonchev–Trinajstić information content (AvgIpc) is 2.51. The molecule has 21 heavy (non-hydrogen) atoms. The van der Waals surface area contributed by atoms with Crippen LogP contribution in [0.4, 0.5) is 0 Å². The topological polar surface area (TPSA) is 64.1 Å². The van der Waals surface area contributed by atoms with Gasteiger partial charge in [-0.2, -0.15) is 0 Å². The van der Waals surface area contributed by atoms with Crippen LogP contribution in [0.1, 0.15) is 17.0 Å². The molecule has 0 atom stereocenters. The van der Waals surface area contributed by atoms with E-state index in [4.69, 9.17) is 4.74 Å². The van der Waals surface area contributed by atoms with Crippen LogP contribution < -0.4 is 10.1 Å². The summed E-state index contributed by atoms with van der Waals surface area (Å²) in [6.07, 6.45) is 4.74. The molecule has 1 aromatic carbocycles. The molecule has 2 rings (SSSR count). The maximum Gasteiger partial charge on any atom is 0.244 e. The summed E-state index contributed by atoms with van der Waals surface area (Å²) in [6.45, 7) is 2.27. The van der Waals surface area contributed by atoms with Crippen LogP contribution in [0.3, 0.4) is 0 Å². The fourth-order valence-electron chi connectivity index (χ4n) is 1.73. The molecular weight excluding hydrogens is 266 g/mol. The molecule has 1 aromatic heterocycles. The van der Waals surface area contributed by atoms with Gasteiger partial charge in [-0.05, 0) is 36.8 Å². The van der Waals surface area contributed by atoms with Gasteiger partial charge in [-0.15, -0.1) is 0 Å². The fourth-order valence-corrected chi connectivity index (χ4v) is 1.73. The Hall–Kier alpha value is -2.69.